The van der Waals surface area contributed by atoms with Gasteiger partial charge < -0.3 is 48.5 Å². The predicted molar refractivity (Wildman–Crippen MR) is 193 cm³/mol. The van der Waals surface area contributed by atoms with E-state index in [0.717, 1.165) is 24.3 Å². The lowest BCUT2D eigenvalue weighted by Gasteiger charge is -2.31. The molecule has 2 amide bonds. The average molecular weight is 765 g/mol. The number of allylic oxidation sites excluding steroid dienone is 1. The average Bonchev–Trinajstić information content (AvgIpc) is 3.19. The number of hydrogen-bond acceptors (Lipinski definition) is 15. The maximum atomic E-state index is 12.5. The normalized spacial score (nSPS) is 10.5. The molecule has 0 saturated carbocycles. The van der Waals surface area contributed by atoms with E-state index < -0.39 is 72.7 Å². The molecule has 300 valence electrons. The van der Waals surface area contributed by atoms with Gasteiger partial charge in [0.05, 0.1) is 0 Å². The van der Waals surface area contributed by atoms with Crippen molar-refractivity contribution in [2.45, 2.75) is 39.0 Å². The fourth-order valence-electron chi connectivity index (χ4n) is 3.80. The van der Waals surface area contributed by atoms with E-state index in [1.54, 1.807) is 6.92 Å². The molecule has 0 aromatic heterocycles. The summed E-state index contributed by atoms with van der Waals surface area (Å²) < 4.78 is 42.0. The molecule has 0 aliphatic carbocycles. The minimum Gasteiger partial charge on any atom is -0.493 e. The number of carbonyl (C=O) groups is 7. The highest BCUT2D eigenvalue weighted by Gasteiger charge is 2.38. The van der Waals surface area contributed by atoms with Crippen LogP contribution in [0.4, 0.5) is 9.59 Å². The second kappa shape index (κ2) is 27.7. The number of nitrogens with one attached hydrogen (secondary N) is 2. The Hall–Kier alpha value is -5.87. The van der Waals surface area contributed by atoms with Crippen molar-refractivity contribution in [3.05, 3.63) is 75.6 Å². The molecule has 0 atom stereocenters. The molecule has 0 rings (SSSR count). The number of alkyl carbamates (subject to hydrolysis) is 2. The molecule has 0 saturated heterocycles. The highest BCUT2D eigenvalue weighted by molar-refractivity contribution is 5.82. The van der Waals surface area contributed by atoms with Crippen LogP contribution in [0.25, 0.3) is 0 Å². The summed E-state index contributed by atoms with van der Waals surface area (Å²) in [6.45, 7) is 19.6. The third kappa shape index (κ3) is 22.1. The molecule has 17 nitrogen and oxygen atoms in total. The third-order valence-corrected chi connectivity index (χ3v) is 7.03. The maximum absolute atomic E-state index is 12.5. The van der Waals surface area contributed by atoms with E-state index in [2.05, 4.69) is 50.1 Å². The van der Waals surface area contributed by atoms with Crippen LogP contribution in [0.3, 0.4) is 0 Å². The molecule has 54 heavy (non-hydrogen) atoms. The molecule has 17 heteroatoms. The van der Waals surface area contributed by atoms with Crippen molar-refractivity contribution in [1.82, 2.24) is 10.6 Å². The number of carbonyl (C=O) groups excluding carboxylic acids is 7. The SMILES string of the molecule is C=CC(=C)OCC(COC(=O)C=C)(COC(=O)C=C)COC(=O)NCCCCCCNC(=O)OCC(COC(=O)C=C)(COC(=O)C=C)COC(=O)CC. The Morgan fingerprint density at radius 3 is 1.09 bits per heavy atom. The van der Waals surface area contributed by atoms with Crippen molar-refractivity contribution in [3.8, 4) is 0 Å². The van der Waals surface area contributed by atoms with Crippen molar-refractivity contribution >= 4 is 42.0 Å². The van der Waals surface area contributed by atoms with Crippen molar-refractivity contribution < 1.29 is 71.5 Å². The van der Waals surface area contributed by atoms with Gasteiger partial charge >= 0.3 is 42.0 Å². The van der Waals surface area contributed by atoms with Gasteiger partial charge in [-0.15, -0.1) is 0 Å². The molecule has 2 N–H and O–H groups in total. The highest BCUT2D eigenvalue weighted by Crippen LogP contribution is 2.23. The lowest BCUT2D eigenvalue weighted by molar-refractivity contribution is -0.161. The summed E-state index contributed by atoms with van der Waals surface area (Å²) in [7, 11) is 0. The first kappa shape index (κ1) is 48.1. The van der Waals surface area contributed by atoms with Crippen molar-refractivity contribution in [3.63, 3.8) is 0 Å². The van der Waals surface area contributed by atoms with Gasteiger partial charge in [-0.2, -0.15) is 0 Å². The van der Waals surface area contributed by atoms with Gasteiger partial charge in [-0.05, 0) is 18.9 Å². The van der Waals surface area contributed by atoms with Gasteiger partial charge in [-0.3, -0.25) is 4.79 Å². The number of rotatable bonds is 30. The van der Waals surface area contributed by atoms with Gasteiger partial charge in [0.2, 0.25) is 0 Å². The number of unbranched alkanes of at least 4 members (excludes halogenated alkanes) is 3. The molecule has 0 aromatic carbocycles. The minimum atomic E-state index is -1.42. The van der Waals surface area contributed by atoms with Gasteiger partial charge in [0.15, 0.2) is 0 Å². The van der Waals surface area contributed by atoms with Gasteiger partial charge in [0, 0.05) is 43.8 Å². The van der Waals surface area contributed by atoms with E-state index >= 15 is 0 Å². The Balaban J connectivity index is 4.96. The lowest BCUT2D eigenvalue weighted by atomic mass is 9.92. The summed E-state index contributed by atoms with van der Waals surface area (Å²) in [4.78, 5) is 83.8. The second-order valence-electron chi connectivity index (χ2n) is 11.6. The summed E-state index contributed by atoms with van der Waals surface area (Å²) in [5.41, 5.74) is -2.73. The third-order valence-electron chi connectivity index (χ3n) is 7.03. The van der Waals surface area contributed by atoms with Crippen LogP contribution in [0, 0.1) is 10.8 Å². The van der Waals surface area contributed by atoms with Gasteiger partial charge in [-0.25, -0.2) is 28.8 Å². The van der Waals surface area contributed by atoms with E-state index in [1.165, 1.54) is 6.08 Å². The first-order chi connectivity index (χ1) is 25.7. The summed E-state index contributed by atoms with van der Waals surface area (Å²) in [5.74, 6) is -3.49. The zero-order valence-electron chi connectivity index (χ0n) is 30.9. The predicted octanol–water partition coefficient (Wildman–Crippen LogP) is 3.56. The Labute approximate surface area is 315 Å². The van der Waals surface area contributed by atoms with Gasteiger partial charge in [-0.1, -0.05) is 59.2 Å². The summed E-state index contributed by atoms with van der Waals surface area (Å²) in [6, 6.07) is 0. The summed E-state index contributed by atoms with van der Waals surface area (Å²) in [5, 5.41) is 5.19. The van der Waals surface area contributed by atoms with Crippen LogP contribution >= 0.6 is 0 Å². The standard InChI is InChI=1S/C37H52N2O15/c1-8-28(7)47-20-36(21-48-29(40)9-2,22-49-30(41)10-3)26-53-34(45)38-18-16-14-15-17-19-39-35(46)54-27-37(23-50-31(42)11-4,24-51-32(43)12-5)25-52-33(44)13-6/h8-12H,1-5,7,13-27H2,6H3,(H,38,45)(H,39,46). The molecule has 0 aliphatic rings. The van der Waals surface area contributed by atoms with Crippen LogP contribution in [0.15, 0.2) is 75.6 Å². The van der Waals surface area contributed by atoms with Crippen LogP contribution < -0.4 is 10.6 Å². The van der Waals surface area contributed by atoms with Gasteiger partial charge in [0.25, 0.3) is 0 Å². The highest BCUT2D eigenvalue weighted by atomic mass is 16.6. The molecule has 0 radical (unpaired) electrons. The van der Waals surface area contributed by atoms with Crippen molar-refractivity contribution in [1.29, 1.82) is 0 Å². The smallest absolute Gasteiger partial charge is 0.407 e. The first-order valence-corrected chi connectivity index (χ1v) is 16.8. The van der Waals surface area contributed by atoms with Crippen LogP contribution in [0.1, 0.15) is 39.0 Å². The van der Waals surface area contributed by atoms with E-state index in [0.29, 0.717) is 25.7 Å². The Morgan fingerprint density at radius 1 is 0.463 bits per heavy atom. The number of ether oxygens (including phenoxy) is 8. The Bertz CT molecular complexity index is 1260. The molecule has 0 aromatic rings. The largest absolute Gasteiger partial charge is 0.493 e. The van der Waals surface area contributed by atoms with Crippen LogP contribution in [0.2, 0.25) is 0 Å². The fourth-order valence-corrected chi connectivity index (χ4v) is 3.80. The van der Waals surface area contributed by atoms with Crippen LogP contribution in [-0.2, 0) is 61.9 Å². The maximum Gasteiger partial charge on any atom is 0.407 e. The Kier molecular flexibility index (Phi) is 24.7. The Morgan fingerprint density at radius 2 is 0.778 bits per heavy atom. The van der Waals surface area contributed by atoms with E-state index in [-0.39, 0.29) is 58.3 Å². The van der Waals surface area contributed by atoms with Gasteiger partial charge in [0.1, 0.15) is 69.4 Å². The topological polar surface area (TPSA) is 217 Å². The molecule has 0 unspecified atom stereocenters. The zero-order chi connectivity index (χ0) is 40.8. The first-order valence-electron chi connectivity index (χ1n) is 16.8. The molecular formula is C37H52N2O15. The van der Waals surface area contributed by atoms with Crippen LogP contribution in [0.5, 0.6) is 0 Å². The number of esters is 5. The van der Waals surface area contributed by atoms with E-state index in [1.807, 2.05) is 0 Å². The quantitative estimate of drug-likeness (QED) is 0.0267. The fraction of sp³-hybridized carbons (Fsp3) is 0.486. The van der Waals surface area contributed by atoms with E-state index in [9.17, 15) is 33.6 Å². The summed E-state index contributed by atoms with van der Waals surface area (Å²) in [6.07, 6.45) is 5.97. The minimum absolute atomic E-state index is 0.0495. The molecule has 0 heterocycles. The molecule has 0 aliphatic heterocycles. The van der Waals surface area contributed by atoms with Crippen molar-refractivity contribution in [2.75, 3.05) is 65.9 Å². The van der Waals surface area contributed by atoms with E-state index in [4.69, 9.17) is 37.9 Å². The molecule has 0 bridgehead atoms. The zero-order valence-corrected chi connectivity index (χ0v) is 30.9. The molecular weight excluding hydrogens is 712 g/mol. The summed E-state index contributed by atoms with van der Waals surface area (Å²) >= 11 is 0. The number of amides is 2. The van der Waals surface area contributed by atoms with Crippen LogP contribution in [-0.4, -0.2) is 108 Å². The lowest BCUT2D eigenvalue weighted by Crippen LogP contribution is -2.44. The number of hydrogen-bond donors (Lipinski definition) is 2. The van der Waals surface area contributed by atoms with Crippen molar-refractivity contribution in [2.24, 2.45) is 10.8 Å². The second-order valence-corrected chi connectivity index (χ2v) is 11.6. The molecule has 0 spiro atoms. The molecule has 0 fully saturated rings. The monoisotopic (exact) mass is 764 g/mol.